The van der Waals surface area contributed by atoms with E-state index in [0.717, 1.165) is 30.4 Å². The minimum Gasteiger partial charge on any atom is -0.321 e. The highest BCUT2D eigenvalue weighted by Crippen LogP contribution is 2.22. The molecule has 3 aromatic rings. The number of carbonyl (C=O) groups excluding carboxylic acids is 1. The number of hydrogen-bond donors (Lipinski definition) is 3. The largest absolute Gasteiger partial charge is 0.321 e. The summed E-state index contributed by atoms with van der Waals surface area (Å²) >= 11 is 5.99. The van der Waals surface area contributed by atoms with E-state index in [9.17, 15) is 14.0 Å². The zero-order chi connectivity index (χ0) is 20.8. The van der Waals surface area contributed by atoms with Crippen molar-refractivity contribution in [1.29, 1.82) is 0 Å². The fourth-order valence-electron chi connectivity index (χ4n) is 3.13. The van der Waals surface area contributed by atoms with Crippen molar-refractivity contribution in [1.82, 2.24) is 9.97 Å². The van der Waals surface area contributed by atoms with Crippen LogP contribution in [0.2, 0.25) is 5.02 Å². The number of halogens is 2. The quantitative estimate of drug-likeness (QED) is 0.527. The van der Waals surface area contributed by atoms with Crippen molar-refractivity contribution < 1.29 is 14.1 Å². The van der Waals surface area contributed by atoms with Gasteiger partial charge in [0.15, 0.2) is 12.4 Å². The summed E-state index contributed by atoms with van der Waals surface area (Å²) in [5.41, 5.74) is 0.803. The van der Waals surface area contributed by atoms with Gasteiger partial charge in [0.05, 0.1) is 28.2 Å². The van der Waals surface area contributed by atoms with Gasteiger partial charge in [-0.15, -0.1) is 0 Å². The van der Waals surface area contributed by atoms with E-state index in [-0.39, 0.29) is 23.0 Å². The Kier molecular flexibility index (Phi) is 6.95. The maximum Gasteiger partial charge on any atom is 0.279 e. The molecular weight excluding hydrogens is 395 g/mol. The molecule has 3 N–H and O–H groups in total. The first-order chi connectivity index (χ1) is 14.0. The lowest BCUT2D eigenvalue weighted by Crippen LogP contribution is -3.12. The number of aromatic nitrogens is 2. The van der Waals surface area contributed by atoms with Gasteiger partial charge in [0.2, 0.25) is 0 Å². The predicted molar refractivity (Wildman–Crippen MR) is 112 cm³/mol. The molecule has 0 aliphatic carbocycles. The van der Waals surface area contributed by atoms with Gasteiger partial charge in [-0.3, -0.25) is 9.59 Å². The number of H-pyrrole nitrogens is 1. The van der Waals surface area contributed by atoms with Gasteiger partial charge in [-0.1, -0.05) is 37.1 Å². The molecule has 0 aliphatic heterocycles. The number of anilines is 1. The second-order valence-corrected chi connectivity index (χ2v) is 7.32. The van der Waals surface area contributed by atoms with Crippen molar-refractivity contribution in [3.63, 3.8) is 0 Å². The number of benzene rings is 2. The average molecular weight is 418 g/mol. The van der Waals surface area contributed by atoms with Crippen LogP contribution in [0.15, 0.2) is 47.3 Å². The number of amides is 1. The Balaban J connectivity index is 1.74. The van der Waals surface area contributed by atoms with Gasteiger partial charge in [0.25, 0.3) is 11.5 Å². The van der Waals surface area contributed by atoms with Gasteiger partial charge in [0, 0.05) is 0 Å². The SMILES string of the molecule is CCCC[NH+](CC(=O)Nc1ccc(F)cc1Cl)Cc1nc2ccccc2c(=O)[nH]1. The molecule has 0 aliphatic rings. The molecular formula is C21H23ClFN4O2+. The monoisotopic (exact) mass is 417 g/mol. The van der Waals surface area contributed by atoms with Crippen LogP contribution in [0.25, 0.3) is 10.9 Å². The average Bonchev–Trinajstić information content (AvgIpc) is 2.68. The summed E-state index contributed by atoms with van der Waals surface area (Å²) in [7, 11) is 0. The predicted octanol–water partition coefficient (Wildman–Crippen LogP) is 2.54. The molecule has 8 heteroatoms. The van der Waals surface area contributed by atoms with Crippen LogP contribution in [-0.2, 0) is 11.3 Å². The van der Waals surface area contributed by atoms with Crippen molar-refractivity contribution >= 4 is 34.1 Å². The maximum atomic E-state index is 13.2. The minimum atomic E-state index is -0.463. The molecule has 1 atom stereocenters. The Morgan fingerprint density at radius 3 is 2.83 bits per heavy atom. The third kappa shape index (κ3) is 5.62. The number of rotatable bonds is 8. The summed E-state index contributed by atoms with van der Waals surface area (Å²) in [4.78, 5) is 33.1. The first-order valence-electron chi connectivity index (χ1n) is 9.52. The van der Waals surface area contributed by atoms with Crippen molar-refractivity contribution in [2.75, 3.05) is 18.4 Å². The molecule has 0 radical (unpaired) electrons. The summed E-state index contributed by atoms with van der Waals surface area (Å²) in [6, 6.07) is 11.0. The van der Waals surface area contributed by atoms with Gasteiger partial charge in [-0.05, 0) is 36.8 Å². The Morgan fingerprint density at radius 2 is 2.07 bits per heavy atom. The zero-order valence-electron chi connectivity index (χ0n) is 16.1. The van der Waals surface area contributed by atoms with Gasteiger partial charge < -0.3 is 15.2 Å². The zero-order valence-corrected chi connectivity index (χ0v) is 16.9. The molecule has 152 valence electrons. The normalized spacial score (nSPS) is 12.1. The second-order valence-electron chi connectivity index (χ2n) is 6.91. The molecule has 3 rings (SSSR count). The summed E-state index contributed by atoms with van der Waals surface area (Å²) in [6.45, 7) is 3.40. The van der Waals surface area contributed by atoms with Crippen molar-refractivity contribution in [3.05, 3.63) is 69.5 Å². The van der Waals surface area contributed by atoms with E-state index in [1.54, 1.807) is 18.2 Å². The molecule has 0 saturated heterocycles. The molecule has 0 bridgehead atoms. The third-order valence-electron chi connectivity index (χ3n) is 4.58. The van der Waals surface area contributed by atoms with Crippen LogP contribution in [0, 0.1) is 5.82 Å². The lowest BCUT2D eigenvalue weighted by Gasteiger charge is -2.19. The van der Waals surface area contributed by atoms with Crippen LogP contribution in [-0.4, -0.2) is 29.0 Å². The smallest absolute Gasteiger partial charge is 0.279 e. The van der Waals surface area contributed by atoms with E-state index < -0.39 is 5.82 Å². The van der Waals surface area contributed by atoms with E-state index in [4.69, 9.17) is 11.6 Å². The highest BCUT2D eigenvalue weighted by molar-refractivity contribution is 6.33. The number of para-hydroxylation sites is 1. The molecule has 29 heavy (non-hydrogen) atoms. The fourth-order valence-corrected chi connectivity index (χ4v) is 3.35. The number of fused-ring (bicyclic) bond motifs is 1. The van der Waals surface area contributed by atoms with E-state index in [2.05, 4.69) is 22.2 Å². The lowest BCUT2D eigenvalue weighted by atomic mass is 10.2. The van der Waals surface area contributed by atoms with Crippen LogP contribution in [0.5, 0.6) is 0 Å². The molecule has 1 aromatic heterocycles. The molecule has 0 fully saturated rings. The van der Waals surface area contributed by atoms with Crippen molar-refractivity contribution in [2.45, 2.75) is 26.3 Å². The molecule has 0 saturated carbocycles. The molecule has 1 heterocycles. The number of nitrogens with one attached hydrogen (secondary N) is 3. The molecule has 1 amide bonds. The van der Waals surface area contributed by atoms with Gasteiger partial charge in [-0.25, -0.2) is 9.37 Å². The van der Waals surface area contributed by atoms with E-state index >= 15 is 0 Å². The summed E-state index contributed by atoms with van der Waals surface area (Å²) < 4.78 is 13.2. The molecule has 1 unspecified atom stereocenters. The highest BCUT2D eigenvalue weighted by atomic mass is 35.5. The van der Waals surface area contributed by atoms with Gasteiger partial charge in [0.1, 0.15) is 12.4 Å². The molecule has 6 nitrogen and oxygen atoms in total. The molecule has 0 spiro atoms. The van der Waals surface area contributed by atoms with E-state index in [1.165, 1.54) is 12.1 Å². The fraction of sp³-hybridized carbons (Fsp3) is 0.286. The first-order valence-corrected chi connectivity index (χ1v) is 9.90. The summed E-state index contributed by atoms with van der Waals surface area (Å²) in [6.07, 6.45) is 1.91. The second kappa shape index (κ2) is 9.62. The Labute approximate surface area is 172 Å². The van der Waals surface area contributed by atoms with E-state index in [1.807, 2.05) is 6.07 Å². The van der Waals surface area contributed by atoms with Crippen molar-refractivity contribution in [3.8, 4) is 0 Å². The van der Waals surface area contributed by atoms with Crippen LogP contribution in [0.1, 0.15) is 25.6 Å². The highest BCUT2D eigenvalue weighted by Gasteiger charge is 2.17. The van der Waals surface area contributed by atoms with Crippen LogP contribution < -0.4 is 15.8 Å². The third-order valence-corrected chi connectivity index (χ3v) is 4.89. The number of hydrogen-bond acceptors (Lipinski definition) is 3. The Bertz CT molecular complexity index is 1070. The Hall–Kier alpha value is -2.77. The summed E-state index contributed by atoms with van der Waals surface area (Å²) in [5, 5.41) is 3.40. The summed E-state index contributed by atoms with van der Waals surface area (Å²) in [5.74, 6) is -0.172. The minimum absolute atomic E-state index is 0.147. The van der Waals surface area contributed by atoms with Gasteiger partial charge >= 0.3 is 0 Å². The van der Waals surface area contributed by atoms with Crippen LogP contribution >= 0.6 is 11.6 Å². The number of aromatic amines is 1. The number of unbranched alkanes of at least 4 members (excludes halogenated alkanes) is 1. The lowest BCUT2D eigenvalue weighted by molar-refractivity contribution is -0.906. The number of nitrogens with zero attached hydrogens (tertiary/aromatic N) is 1. The topological polar surface area (TPSA) is 79.3 Å². The van der Waals surface area contributed by atoms with Crippen LogP contribution in [0.3, 0.4) is 0 Å². The van der Waals surface area contributed by atoms with Gasteiger partial charge in [-0.2, -0.15) is 0 Å². The first kappa shape index (κ1) is 21.0. The van der Waals surface area contributed by atoms with Crippen molar-refractivity contribution in [2.24, 2.45) is 0 Å². The number of quaternary nitrogens is 1. The maximum absolute atomic E-state index is 13.2. The standard InChI is InChI=1S/C21H22ClFN4O2/c1-2-3-10-27(13-20(28)25-18-9-8-14(23)11-16(18)22)12-19-24-17-7-5-4-6-15(17)21(29)26-19/h4-9,11H,2-3,10,12-13H2,1H3,(H,25,28)(H,24,26,29)/p+1. The molecule has 2 aromatic carbocycles. The number of carbonyl (C=O) groups is 1. The Morgan fingerprint density at radius 1 is 1.28 bits per heavy atom. The van der Waals surface area contributed by atoms with E-state index in [0.29, 0.717) is 29.0 Å². The van der Waals surface area contributed by atoms with Crippen LogP contribution in [0.4, 0.5) is 10.1 Å².